The zero-order chi connectivity index (χ0) is 41.3. The van der Waals surface area contributed by atoms with Crippen LogP contribution in [-0.2, 0) is 37.8 Å². The number of anilines is 2. The number of rotatable bonds is 11. The Morgan fingerprint density at radius 1 is 0.893 bits per heavy atom. The molecule has 2 heterocycles. The van der Waals surface area contributed by atoms with Gasteiger partial charge in [0.05, 0.1) is 50.7 Å². The van der Waals surface area contributed by atoms with Gasteiger partial charge in [-0.3, -0.25) is 28.7 Å². The van der Waals surface area contributed by atoms with Gasteiger partial charge in [-0.05, 0) is 61.9 Å². The summed E-state index contributed by atoms with van der Waals surface area (Å²) < 4.78 is 80.7. The number of nitrogens with zero attached hydrogens (tertiary/aromatic N) is 3. The molecule has 0 spiro atoms. The smallest absolute Gasteiger partial charge is 0.335 e. The highest BCUT2D eigenvalue weighted by Crippen LogP contribution is 2.26. The molecule has 1 atom stereocenters. The molecule has 56 heavy (non-hydrogen) atoms. The summed E-state index contributed by atoms with van der Waals surface area (Å²) in [6.07, 6.45) is 1.98. The first-order chi connectivity index (χ1) is 26.2. The minimum absolute atomic E-state index is 0.211. The third kappa shape index (κ3) is 8.80. The van der Waals surface area contributed by atoms with Crippen molar-refractivity contribution in [1.82, 2.24) is 19.4 Å². The minimum atomic E-state index is -4.71. The molecule has 0 saturated carbocycles. The molecular formula is C38H37F3N6O8S. The summed E-state index contributed by atoms with van der Waals surface area (Å²) >= 11 is 0. The van der Waals surface area contributed by atoms with Gasteiger partial charge in [-0.2, -0.15) is 0 Å². The maximum absolute atomic E-state index is 15.3. The summed E-state index contributed by atoms with van der Waals surface area (Å²) in [4.78, 5) is 68.1. The zero-order valence-corrected chi connectivity index (χ0v) is 31.8. The lowest BCUT2D eigenvalue weighted by Gasteiger charge is -2.20. The minimum Gasteiger partial charge on any atom is -0.461 e. The van der Waals surface area contributed by atoms with Gasteiger partial charge in [0.15, 0.2) is 0 Å². The van der Waals surface area contributed by atoms with E-state index < -0.39 is 90.2 Å². The van der Waals surface area contributed by atoms with Gasteiger partial charge in [-0.1, -0.05) is 32.9 Å². The average Bonchev–Trinajstić information content (AvgIpc) is 3.12. The number of nitrogens with one attached hydrogen (secondary N) is 3. The van der Waals surface area contributed by atoms with Crippen molar-refractivity contribution in [2.24, 2.45) is 12.5 Å². The van der Waals surface area contributed by atoms with E-state index >= 15 is 8.78 Å². The van der Waals surface area contributed by atoms with Gasteiger partial charge in [0.25, 0.3) is 21.5 Å². The molecule has 0 fully saturated rings. The molecule has 18 heteroatoms. The molecule has 14 nitrogen and oxygen atoms in total. The van der Waals surface area contributed by atoms with Crippen molar-refractivity contribution in [3.8, 4) is 5.69 Å². The standard InChI is InChI=1S/C38H37F3N6O8S/c1-20(2)55-35(50)31(15-21-7-9-22(10-8-21)47-34(49)24-13-14-42-19-32(24)46(6)37(47)52)43-33(48)25-17-28(41)30(18-26(25)39)45-56(53,54)23-11-12-29(27(40)16-23)44-36(51)38(3,4)5/h7-14,16-20,31,45H,15H2,1-6H3,(H,43,48)(H,44,51)/t31-/m0/s1. The summed E-state index contributed by atoms with van der Waals surface area (Å²) in [5.74, 6) is -6.53. The van der Waals surface area contributed by atoms with Crippen molar-refractivity contribution in [3.63, 3.8) is 0 Å². The molecule has 5 rings (SSSR count). The fourth-order valence-corrected chi connectivity index (χ4v) is 6.43. The number of halogens is 3. The van der Waals surface area contributed by atoms with Crippen LogP contribution < -0.4 is 26.6 Å². The number of amides is 2. The van der Waals surface area contributed by atoms with E-state index in [0.717, 1.165) is 16.7 Å². The number of ether oxygens (including phenoxy) is 1. The van der Waals surface area contributed by atoms with Crippen LogP contribution in [0.5, 0.6) is 0 Å². The maximum atomic E-state index is 15.3. The van der Waals surface area contributed by atoms with Crippen LogP contribution >= 0.6 is 0 Å². The van der Waals surface area contributed by atoms with Gasteiger partial charge in [-0.15, -0.1) is 0 Å². The van der Waals surface area contributed by atoms with Gasteiger partial charge in [0, 0.05) is 31.1 Å². The summed E-state index contributed by atoms with van der Waals surface area (Å²) in [6, 6.07) is 9.33. The van der Waals surface area contributed by atoms with Crippen LogP contribution in [0.25, 0.3) is 16.6 Å². The lowest BCUT2D eigenvalue weighted by Crippen LogP contribution is -2.44. The number of aromatic nitrogens is 3. The first kappa shape index (κ1) is 40.9. The number of sulfonamides is 1. The summed E-state index contributed by atoms with van der Waals surface area (Å²) in [5.41, 5.74) is -3.20. The highest BCUT2D eigenvalue weighted by molar-refractivity contribution is 7.92. The molecule has 0 aliphatic carbocycles. The molecule has 3 aromatic carbocycles. The normalized spacial score (nSPS) is 12.3. The number of carbonyl (C=O) groups is 3. The van der Waals surface area contributed by atoms with Gasteiger partial charge < -0.3 is 15.4 Å². The van der Waals surface area contributed by atoms with Crippen molar-refractivity contribution >= 4 is 50.1 Å². The number of hydrogen-bond acceptors (Lipinski definition) is 9. The molecule has 2 amide bonds. The van der Waals surface area contributed by atoms with Crippen LogP contribution in [0.15, 0.2) is 87.5 Å². The van der Waals surface area contributed by atoms with E-state index in [2.05, 4.69) is 15.6 Å². The SMILES string of the molecule is CC(C)OC(=O)[C@H](Cc1ccc(-n2c(=O)c3ccncc3n(C)c2=O)cc1)NC(=O)c1cc(F)c(NS(=O)(=O)c2ccc(NC(=O)C(C)(C)C)c(F)c2)cc1F. The van der Waals surface area contributed by atoms with Crippen LogP contribution in [0.1, 0.15) is 50.5 Å². The fourth-order valence-electron chi connectivity index (χ4n) is 5.36. The summed E-state index contributed by atoms with van der Waals surface area (Å²) in [7, 11) is -3.22. The monoisotopic (exact) mass is 794 g/mol. The quantitative estimate of drug-likeness (QED) is 0.161. The number of esters is 1. The molecule has 5 aromatic rings. The lowest BCUT2D eigenvalue weighted by molar-refractivity contribution is -0.149. The van der Waals surface area contributed by atoms with Gasteiger partial charge >= 0.3 is 11.7 Å². The Balaban J connectivity index is 1.35. The maximum Gasteiger partial charge on any atom is 0.335 e. The van der Waals surface area contributed by atoms with E-state index in [1.807, 2.05) is 4.72 Å². The van der Waals surface area contributed by atoms with Crippen molar-refractivity contribution in [1.29, 1.82) is 0 Å². The largest absolute Gasteiger partial charge is 0.461 e. The van der Waals surface area contributed by atoms with Crippen molar-refractivity contribution in [2.45, 2.75) is 58.1 Å². The van der Waals surface area contributed by atoms with Gasteiger partial charge in [0.1, 0.15) is 23.5 Å². The van der Waals surface area contributed by atoms with Crippen molar-refractivity contribution < 1.29 is 40.7 Å². The Bertz CT molecular complexity index is 2600. The molecule has 0 aliphatic rings. The van der Waals surface area contributed by atoms with Crippen molar-refractivity contribution in [3.05, 3.63) is 122 Å². The zero-order valence-electron chi connectivity index (χ0n) is 30.9. The van der Waals surface area contributed by atoms with Crippen LogP contribution in [0, 0.1) is 22.9 Å². The van der Waals surface area contributed by atoms with E-state index in [9.17, 15) is 36.8 Å². The Hall–Kier alpha value is -6.30. The predicted octanol–water partition coefficient (Wildman–Crippen LogP) is 4.58. The van der Waals surface area contributed by atoms with E-state index in [4.69, 9.17) is 4.74 Å². The number of carbonyl (C=O) groups excluding carboxylic acids is 3. The second-order valence-electron chi connectivity index (χ2n) is 14.0. The Labute approximate surface area is 318 Å². The third-order valence-electron chi connectivity index (χ3n) is 8.38. The Morgan fingerprint density at radius 3 is 2.18 bits per heavy atom. The van der Waals surface area contributed by atoms with Gasteiger partial charge in [0.2, 0.25) is 5.91 Å². The van der Waals surface area contributed by atoms with Crippen LogP contribution in [0.4, 0.5) is 24.5 Å². The van der Waals surface area contributed by atoms with E-state index in [1.165, 1.54) is 54.3 Å². The molecule has 0 unspecified atom stereocenters. The summed E-state index contributed by atoms with van der Waals surface area (Å²) in [6.45, 7) is 7.90. The van der Waals surface area contributed by atoms with Crippen LogP contribution in [0.2, 0.25) is 0 Å². The average molecular weight is 795 g/mol. The molecule has 0 saturated heterocycles. The predicted molar refractivity (Wildman–Crippen MR) is 200 cm³/mol. The highest BCUT2D eigenvalue weighted by Gasteiger charge is 2.28. The first-order valence-corrected chi connectivity index (χ1v) is 18.5. The number of fused-ring (bicyclic) bond motifs is 1. The molecule has 0 bridgehead atoms. The van der Waals surface area contributed by atoms with Gasteiger partial charge in [-0.25, -0.2) is 35.7 Å². The lowest BCUT2D eigenvalue weighted by atomic mass is 9.95. The Kier molecular flexibility index (Phi) is 11.5. The third-order valence-corrected chi connectivity index (χ3v) is 9.74. The molecule has 0 radical (unpaired) electrons. The van der Waals surface area contributed by atoms with Crippen LogP contribution in [-0.4, -0.2) is 52.5 Å². The molecule has 3 N–H and O–H groups in total. The highest BCUT2D eigenvalue weighted by atomic mass is 32.2. The molecule has 294 valence electrons. The van der Waals surface area contributed by atoms with Crippen LogP contribution in [0.3, 0.4) is 0 Å². The number of aryl methyl sites for hydroxylation is 1. The number of benzene rings is 3. The second-order valence-corrected chi connectivity index (χ2v) is 15.7. The topological polar surface area (TPSA) is 188 Å². The number of hydrogen-bond donors (Lipinski definition) is 3. The van der Waals surface area contributed by atoms with E-state index in [-0.39, 0.29) is 23.2 Å². The molecule has 0 aliphatic heterocycles. The van der Waals surface area contributed by atoms with Crippen molar-refractivity contribution in [2.75, 3.05) is 10.0 Å². The van der Waals surface area contributed by atoms with E-state index in [0.29, 0.717) is 29.3 Å². The fraction of sp³-hybridized carbons (Fsp3) is 0.263. The first-order valence-electron chi connectivity index (χ1n) is 17.0. The Morgan fingerprint density at radius 2 is 1.55 bits per heavy atom. The molecular weight excluding hydrogens is 758 g/mol. The van der Waals surface area contributed by atoms with E-state index in [1.54, 1.807) is 34.6 Å². The second kappa shape index (κ2) is 15.8. The summed E-state index contributed by atoms with van der Waals surface area (Å²) in [5, 5.41) is 4.93. The number of pyridine rings is 1. The molecule has 2 aromatic heterocycles.